The highest BCUT2D eigenvalue weighted by Crippen LogP contribution is 2.13. The summed E-state index contributed by atoms with van der Waals surface area (Å²) in [6.07, 6.45) is 1.03. The molecule has 3 nitrogen and oxygen atoms in total. The number of methoxy groups -OCH3 is 2. The Morgan fingerprint density at radius 1 is 1.33 bits per heavy atom. The molecule has 0 aromatic heterocycles. The number of ether oxygens (including phenoxy) is 2. The molecule has 0 bridgehead atoms. The summed E-state index contributed by atoms with van der Waals surface area (Å²) in [6.45, 7) is 7.00. The zero-order chi connectivity index (χ0) is 11.9. The first-order valence-electron chi connectivity index (χ1n) is 5.28. The van der Waals surface area contributed by atoms with E-state index in [1.54, 1.807) is 14.2 Å². The molecule has 0 rings (SSSR count). The minimum Gasteiger partial charge on any atom is -0.383 e. The van der Waals surface area contributed by atoms with Gasteiger partial charge in [0.2, 0.25) is 0 Å². The van der Waals surface area contributed by atoms with Gasteiger partial charge in [-0.25, -0.2) is 0 Å². The number of hydrogen-bond acceptors (Lipinski definition) is 3. The third-order valence-corrected chi connectivity index (χ3v) is 3.06. The Morgan fingerprint density at radius 3 is 2.40 bits per heavy atom. The van der Waals surface area contributed by atoms with Crippen molar-refractivity contribution in [3.63, 3.8) is 0 Å². The zero-order valence-electron chi connectivity index (χ0n) is 10.5. The summed E-state index contributed by atoms with van der Waals surface area (Å²) in [4.78, 5) is 2.69. The molecular weight excluding hydrogens is 258 g/mol. The Labute approximate surface area is 102 Å². The molecule has 0 N–H and O–H groups in total. The van der Waals surface area contributed by atoms with Crippen LogP contribution in [0.5, 0.6) is 0 Å². The van der Waals surface area contributed by atoms with E-state index in [0.29, 0.717) is 4.83 Å². The van der Waals surface area contributed by atoms with Crippen molar-refractivity contribution in [2.75, 3.05) is 41.0 Å². The quantitative estimate of drug-likeness (QED) is 0.637. The number of rotatable bonds is 8. The highest BCUT2D eigenvalue weighted by molar-refractivity contribution is 9.09. The van der Waals surface area contributed by atoms with Crippen molar-refractivity contribution in [3.8, 4) is 0 Å². The molecule has 1 unspecified atom stereocenters. The summed E-state index contributed by atoms with van der Waals surface area (Å²) >= 11 is 3.58. The summed E-state index contributed by atoms with van der Waals surface area (Å²) in [6, 6.07) is 0. The van der Waals surface area contributed by atoms with Crippen LogP contribution < -0.4 is 0 Å². The Kier molecular flexibility index (Phi) is 7.79. The molecule has 0 radical (unpaired) electrons. The van der Waals surface area contributed by atoms with Gasteiger partial charge in [0.25, 0.3) is 0 Å². The molecule has 1 atom stereocenters. The summed E-state index contributed by atoms with van der Waals surface area (Å²) in [7, 11) is 5.61. The predicted molar refractivity (Wildman–Crippen MR) is 67.8 cm³/mol. The van der Waals surface area contributed by atoms with E-state index in [0.717, 1.165) is 26.1 Å². The zero-order valence-corrected chi connectivity index (χ0v) is 12.1. The fourth-order valence-electron chi connectivity index (χ4n) is 1.23. The van der Waals surface area contributed by atoms with Gasteiger partial charge in [-0.05, 0) is 27.3 Å². The molecule has 0 aromatic carbocycles. The molecule has 4 heteroatoms. The average molecular weight is 282 g/mol. The van der Waals surface area contributed by atoms with Gasteiger partial charge in [-0.2, -0.15) is 0 Å². The van der Waals surface area contributed by atoms with Crippen LogP contribution in [0, 0.1) is 0 Å². The molecule has 0 spiro atoms. The van der Waals surface area contributed by atoms with Crippen molar-refractivity contribution in [3.05, 3.63) is 0 Å². The lowest BCUT2D eigenvalue weighted by Crippen LogP contribution is -2.34. The SMILES string of the molecule is COCC(Br)CN(C)CCC(C)(C)OC. The number of nitrogens with zero attached hydrogens (tertiary/aromatic N) is 1. The Hall–Kier alpha value is 0.360. The van der Waals surface area contributed by atoms with Gasteiger partial charge < -0.3 is 14.4 Å². The highest BCUT2D eigenvalue weighted by atomic mass is 79.9. The van der Waals surface area contributed by atoms with Gasteiger partial charge in [0.05, 0.1) is 17.0 Å². The van der Waals surface area contributed by atoms with E-state index in [4.69, 9.17) is 9.47 Å². The summed E-state index contributed by atoms with van der Waals surface area (Å²) in [5.74, 6) is 0. The number of hydrogen-bond donors (Lipinski definition) is 0. The van der Waals surface area contributed by atoms with Crippen LogP contribution in [0.2, 0.25) is 0 Å². The van der Waals surface area contributed by atoms with Crippen LogP contribution in [0.25, 0.3) is 0 Å². The molecule has 0 fully saturated rings. The van der Waals surface area contributed by atoms with Crippen LogP contribution >= 0.6 is 15.9 Å². The second kappa shape index (κ2) is 7.60. The lowest BCUT2D eigenvalue weighted by atomic mass is 10.1. The molecule has 0 amide bonds. The third-order valence-electron chi connectivity index (χ3n) is 2.51. The second-order valence-corrected chi connectivity index (χ2v) is 5.82. The minimum absolute atomic E-state index is 0.0304. The van der Waals surface area contributed by atoms with Crippen LogP contribution in [-0.2, 0) is 9.47 Å². The van der Waals surface area contributed by atoms with E-state index < -0.39 is 0 Å². The summed E-state index contributed by atoms with van der Waals surface area (Å²) < 4.78 is 10.5. The van der Waals surface area contributed by atoms with Gasteiger partial charge in [-0.3, -0.25) is 0 Å². The van der Waals surface area contributed by atoms with Crippen molar-refractivity contribution in [1.82, 2.24) is 4.90 Å². The summed E-state index contributed by atoms with van der Waals surface area (Å²) in [5, 5.41) is 0. The standard InChI is InChI=1S/C11H24BrNO2/c1-11(2,15-5)6-7-13(3)8-10(12)9-14-4/h10H,6-9H2,1-5H3. The second-order valence-electron chi connectivity index (χ2n) is 4.53. The van der Waals surface area contributed by atoms with Gasteiger partial charge in [-0.15, -0.1) is 0 Å². The third kappa shape index (κ3) is 8.20. The maximum absolute atomic E-state index is 5.38. The summed E-state index contributed by atoms with van der Waals surface area (Å²) in [5.41, 5.74) is -0.0304. The normalized spacial score (nSPS) is 14.6. The fourth-order valence-corrected chi connectivity index (χ4v) is 1.98. The Morgan fingerprint density at radius 2 is 1.93 bits per heavy atom. The van der Waals surface area contributed by atoms with Gasteiger partial charge in [0, 0.05) is 27.3 Å². The Bertz CT molecular complexity index is 165. The molecule has 92 valence electrons. The first-order valence-corrected chi connectivity index (χ1v) is 6.19. The van der Waals surface area contributed by atoms with E-state index in [-0.39, 0.29) is 5.60 Å². The van der Waals surface area contributed by atoms with Crippen molar-refractivity contribution in [2.24, 2.45) is 0 Å². The molecular formula is C11H24BrNO2. The molecule has 0 aliphatic heterocycles. The van der Waals surface area contributed by atoms with Crippen LogP contribution in [0.15, 0.2) is 0 Å². The molecule has 0 heterocycles. The maximum Gasteiger partial charge on any atom is 0.0634 e. The minimum atomic E-state index is -0.0304. The van der Waals surface area contributed by atoms with Crippen LogP contribution in [0.4, 0.5) is 0 Å². The van der Waals surface area contributed by atoms with Crippen LogP contribution in [0.1, 0.15) is 20.3 Å². The predicted octanol–water partition coefficient (Wildman–Crippen LogP) is 2.14. The van der Waals surface area contributed by atoms with Crippen molar-refractivity contribution < 1.29 is 9.47 Å². The maximum atomic E-state index is 5.38. The molecule has 15 heavy (non-hydrogen) atoms. The van der Waals surface area contributed by atoms with Gasteiger partial charge in [0.15, 0.2) is 0 Å². The molecule has 0 aromatic rings. The van der Waals surface area contributed by atoms with Gasteiger partial charge in [0.1, 0.15) is 0 Å². The highest BCUT2D eigenvalue weighted by Gasteiger charge is 2.17. The lowest BCUT2D eigenvalue weighted by Gasteiger charge is -2.27. The van der Waals surface area contributed by atoms with Crippen molar-refractivity contribution in [1.29, 1.82) is 0 Å². The van der Waals surface area contributed by atoms with E-state index in [1.165, 1.54) is 0 Å². The average Bonchev–Trinajstić information content (AvgIpc) is 2.15. The number of alkyl halides is 1. The molecule has 0 saturated carbocycles. The fraction of sp³-hybridized carbons (Fsp3) is 1.00. The molecule has 0 aliphatic carbocycles. The smallest absolute Gasteiger partial charge is 0.0634 e. The number of halogens is 1. The molecule has 0 saturated heterocycles. The van der Waals surface area contributed by atoms with E-state index in [1.807, 2.05) is 0 Å². The van der Waals surface area contributed by atoms with E-state index in [9.17, 15) is 0 Å². The van der Waals surface area contributed by atoms with Crippen LogP contribution in [-0.4, -0.2) is 56.3 Å². The first kappa shape index (κ1) is 15.4. The topological polar surface area (TPSA) is 21.7 Å². The van der Waals surface area contributed by atoms with E-state index >= 15 is 0 Å². The van der Waals surface area contributed by atoms with Crippen molar-refractivity contribution >= 4 is 15.9 Å². The monoisotopic (exact) mass is 281 g/mol. The largest absolute Gasteiger partial charge is 0.383 e. The van der Waals surface area contributed by atoms with Crippen LogP contribution in [0.3, 0.4) is 0 Å². The lowest BCUT2D eigenvalue weighted by molar-refractivity contribution is 0.00893. The first-order chi connectivity index (χ1) is 6.91. The van der Waals surface area contributed by atoms with Gasteiger partial charge in [-0.1, -0.05) is 15.9 Å². The van der Waals surface area contributed by atoms with Gasteiger partial charge >= 0.3 is 0 Å². The van der Waals surface area contributed by atoms with E-state index in [2.05, 4.69) is 41.7 Å². The Balaban J connectivity index is 3.69. The van der Waals surface area contributed by atoms with Crippen molar-refractivity contribution in [2.45, 2.75) is 30.7 Å². The molecule has 0 aliphatic rings.